The van der Waals surface area contributed by atoms with Crippen molar-refractivity contribution < 1.29 is 9.53 Å². The Morgan fingerprint density at radius 2 is 1.58 bits per heavy atom. The van der Waals surface area contributed by atoms with Gasteiger partial charge in [-0.05, 0) is 65.8 Å². The van der Waals surface area contributed by atoms with E-state index in [0.29, 0.717) is 13.0 Å². The van der Waals surface area contributed by atoms with Crippen LogP contribution in [0.4, 0.5) is 0 Å². The highest BCUT2D eigenvalue weighted by molar-refractivity contribution is 5.92. The first-order valence-corrected chi connectivity index (χ1v) is 14.5. The summed E-state index contributed by atoms with van der Waals surface area (Å²) in [5.74, 6) is 1.44. The highest BCUT2D eigenvalue weighted by atomic mass is 16.5. The number of benzene rings is 2. The summed E-state index contributed by atoms with van der Waals surface area (Å²) in [6.07, 6.45) is 15.8. The molecule has 0 heterocycles. The topological polar surface area (TPSA) is 26.3 Å². The second kappa shape index (κ2) is 14.4. The molecule has 36 heavy (non-hydrogen) atoms. The van der Waals surface area contributed by atoms with Gasteiger partial charge in [0.2, 0.25) is 0 Å². The molecule has 0 bridgehead atoms. The van der Waals surface area contributed by atoms with Gasteiger partial charge in [0.1, 0.15) is 12.4 Å². The van der Waals surface area contributed by atoms with Crippen LogP contribution in [0.2, 0.25) is 0 Å². The lowest BCUT2D eigenvalue weighted by atomic mass is 9.77. The Balaban J connectivity index is 1.81. The van der Waals surface area contributed by atoms with Crippen molar-refractivity contribution in [3.63, 3.8) is 0 Å². The number of ketones is 1. The van der Waals surface area contributed by atoms with Crippen LogP contribution < -0.4 is 4.74 Å². The zero-order chi connectivity index (χ0) is 25.8. The second-order valence-corrected chi connectivity index (χ2v) is 11.4. The summed E-state index contributed by atoms with van der Waals surface area (Å²) in [5, 5.41) is 0. The van der Waals surface area contributed by atoms with Gasteiger partial charge in [-0.2, -0.15) is 0 Å². The summed E-state index contributed by atoms with van der Waals surface area (Å²) < 4.78 is 6.51. The van der Waals surface area contributed by atoms with Crippen molar-refractivity contribution in [1.82, 2.24) is 0 Å². The van der Waals surface area contributed by atoms with E-state index in [0.717, 1.165) is 18.6 Å². The normalized spacial score (nSPS) is 16.2. The first-order valence-electron chi connectivity index (χ1n) is 14.5. The minimum atomic E-state index is 0.101. The third-order valence-electron chi connectivity index (χ3n) is 7.80. The van der Waals surface area contributed by atoms with E-state index >= 15 is 0 Å². The molecule has 2 aromatic rings. The van der Waals surface area contributed by atoms with E-state index in [4.69, 9.17) is 4.74 Å². The maximum atomic E-state index is 12.7. The number of carbonyl (C=O) groups is 1. The molecule has 1 unspecified atom stereocenters. The van der Waals surface area contributed by atoms with Gasteiger partial charge in [-0.3, -0.25) is 4.79 Å². The maximum absolute atomic E-state index is 12.7. The highest BCUT2D eigenvalue weighted by Gasteiger charge is 2.27. The van der Waals surface area contributed by atoms with Crippen LogP contribution in [0.25, 0.3) is 0 Å². The van der Waals surface area contributed by atoms with Gasteiger partial charge in [-0.25, -0.2) is 0 Å². The van der Waals surface area contributed by atoms with Crippen LogP contribution in [0.15, 0.2) is 60.2 Å². The fourth-order valence-corrected chi connectivity index (χ4v) is 5.44. The third kappa shape index (κ3) is 8.64. The van der Waals surface area contributed by atoms with Crippen molar-refractivity contribution in [2.24, 2.45) is 0 Å². The molecule has 1 aliphatic carbocycles. The Bertz CT molecular complexity index is 970. The smallest absolute Gasteiger partial charge is 0.156 e. The lowest BCUT2D eigenvalue weighted by Gasteiger charge is -2.29. The van der Waals surface area contributed by atoms with Crippen molar-refractivity contribution in [1.29, 1.82) is 0 Å². The molecule has 2 heteroatoms. The van der Waals surface area contributed by atoms with E-state index in [-0.39, 0.29) is 17.1 Å². The molecule has 0 radical (unpaired) electrons. The number of rotatable bonds is 15. The van der Waals surface area contributed by atoms with Gasteiger partial charge < -0.3 is 4.74 Å². The number of unbranched alkanes of at least 4 members (excludes halogenated alkanes) is 6. The van der Waals surface area contributed by atoms with Crippen molar-refractivity contribution >= 4 is 5.78 Å². The first kappa shape index (κ1) is 28.2. The molecule has 0 saturated heterocycles. The average Bonchev–Trinajstić information content (AvgIpc) is 2.88. The summed E-state index contributed by atoms with van der Waals surface area (Å²) >= 11 is 0. The molecule has 196 valence electrons. The van der Waals surface area contributed by atoms with Crippen LogP contribution >= 0.6 is 0 Å². The van der Waals surface area contributed by atoms with E-state index in [9.17, 15) is 4.79 Å². The lowest BCUT2D eigenvalue weighted by molar-refractivity contribution is -0.115. The lowest BCUT2D eigenvalue weighted by Crippen LogP contribution is -2.19. The molecule has 0 saturated carbocycles. The van der Waals surface area contributed by atoms with Gasteiger partial charge >= 0.3 is 0 Å². The molecular formula is C34H48O2. The largest absolute Gasteiger partial charge is 0.489 e. The standard InChI is InChI=1S/C34H48O2/c1-5-7-9-12-18-28-22-29(24-31(35)23-28)32-20-19-30(34(3,4)21-15-10-8-6-2)25-33(32)36-26-27-16-13-11-14-17-27/h11,13-14,16-17,19-20,23,25,29H,5-10,12,15,18,21-22,24,26H2,1-4H3. The molecule has 0 N–H and O–H groups in total. The fraction of sp³-hybridized carbons (Fsp3) is 0.559. The van der Waals surface area contributed by atoms with Crippen LogP contribution in [0.5, 0.6) is 5.75 Å². The predicted octanol–water partition coefficient (Wildman–Crippen LogP) is 9.86. The molecule has 0 spiro atoms. The Labute approximate surface area is 220 Å². The molecule has 0 fully saturated rings. The maximum Gasteiger partial charge on any atom is 0.156 e. The van der Waals surface area contributed by atoms with Crippen molar-refractivity contribution in [3.05, 3.63) is 76.9 Å². The summed E-state index contributed by atoms with van der Waals surface area (Å²) in [4.78, 5) is 12.7. The van der Waals surface area contributed by atoms with Gasteiger partial charge in [-0.1, -0.05) is 121 Å². The molecule has 1 aliphatic rings. The zero-order valence-corrected chi connectivity index (χ0v) is 23.3. The SMILES string of the molecule is CCCCCCC1=CC(=O)CC(c2ccc(C(C)(C)CCCCCC)cc2OCc2ccccc2)C1. The Morgan fingerprint density at radius 1 is 0.861 bits per heavy atom. The molecule has 1 atom stereocenters. The van der Waals surface area contributed by atoms with Crippen molar-refractivity contribution in [2.45, 2.75) is 123 Å². The monoisotopic (exact) mass is 488 g/mol. The van der Waals surface area contributed by atoms with Crippen LogP contribution in [-0.2, 0) is 16.8 Å². The van der Waals surface area contributed by atoms with Crippen LogP contribution in [-0.4, -0.2) is 5.78 Å². The molecule has 0 aromatic heterocycles. The van der Waals surface area contributed by atoms with Gasteiger partial charge in [0.05, 0.1) is 0 Å². The van der Waals surface area contributed by atoms with Gasteiger partial charge in [0, 0.05) is 6.42 Å². The predicted molar refractivity (Wildman–Crippen MR) is 153 cm³/mol. The van der Waals surface area contributed by atoms with E-state index in [1.165, 1.54) is 80.1 Å². The second-order valence-electron chi connectivity index (χ2n) is 11.4. The molecule has 3 rings (SSSR count). The Hall–Kier alpha value is -2.35. The minimum absolute atomic E-state index is 0.101. The fourth-order valence-electron chi connectivity index (χ4n) is 5.44. The number of allylic oxidation sites excluding steroid dienone is 2. The first-order chi connectivity index (χ1) is 17.4. The van der Waals surface area contributed by atoms with Gasteiger partial charge in [-0.15, -0.1) is 0 Å². The quantitative estimate of drug-likeness (QED) is 0.233. The van der Waals surface area contributed by atoms with E-state index < -0.39 is 0 Å². The zero-order valence-electron chi connectivity index (χ0n) is 23.3. The van der Waals surface area contributed by atoms with Gasteiger partial charge in [0.15, 0.2) is 5.78 Å². The van der Waals surface area contributed by atoms with Crippen molar-refractivity contribution in [2.75, 3.05) is 0 Å². The third-order valence-corrected chi connectivity index (χ3v) is 7.80. The number of ether oxygens (including phenoxy) is 1. The molecule has 0 amide bonds. The minimum Gasteiger partial charge on any atom is -0.489 e. The van der Waals surface area contributed by atoms with E-state index in [2.05, 4.69) is 70.2 Å². The van der Waals surface area contributed by atoms with E-state index in [1.54, 1.807) is 0 Å². The molecule has 2 aromatic carbocycles. The molecule has 2 nitrogen and oxygen atoms in total. The van der Waals surface area contributed by atoms with Crippen LogP contribution in [0.1, 0.15) is 127 Å². The molecular weight excluding hydrogens is 440 g/mol. The Morgan fingerprint density at radius 3 is 2.31 bits per heavy atom. The van der Waals surface area contributed by atoms with Crippen LogP contribution in [0, 0.1) is 0 Å². The van der Waals surface area contributed by atoms with E-state index in [1.807, 2.05) is 12.1 Å². The number of hydrogen-bond acceptors (Lipinski definition) is 2. The molecule has 0 aliphatic heterocycles. The average molecular weight is 489 g/mol. The summed E-state index contributed by atoms with van der Waals surface area (Å²) in [6.45, 7) is 9.77. The number of hydrogen-bond donors (Lipinski definition) is 0. The summed E-state index contributed by atoms with van der Waals surface area (Å²) in [6, 6.07) is 17.2. The van der Waals surface area contributed by atoms with Crippen LogP contribution in [0.3, 0.4) is 0 Å². The van der Waals surface area contributed by atoms with Gasteiger partial charge in [0.25, 0.3) is 0 Å². The summed E-state index contributed by atoms with van der Waals surface area (Å²) in [7, 11) is 0. The van der Waals surface area contributed by atoms with Crippen molar-refractivity contribution in [3.8, 4) is 5.75 Å². The Kier molecular flexibility index (Phi) is 11.3. The highest BCUT2D eigenvalue weighted by Crippen LogP contribution is 2.41. The summed E-state index contributed by atoms with van der Waals surface area (Å²) in [5.41, 5.74) is 5.13. The number of carbonyl (C=O) groups excluding carboxylic acids is 1.